The van der Waals surface area contributed by atoms with Crippen molar-refractivity contribution in [3.8, 4) is 22.6 Å². The third kappa shape index (κ3) is 2.28. The molecule has 4 aromatic rings. The largest absolute Gasteiger partial charge is 0.496 e. The predicted molar refractivity (Wildman–Crippen MR) is 88.6 cm³/mol. The Morgan fingerprint density at radius 2 is 1.79 bits per heavy atom. The first kappa shape index (κ1) is 14.3. The minimum atomic E-state index is -0.288. The van der Waals surface area contributed by atoms with E-state index in [9.17, 15) is 4.39 Å². The van der Waals surface area contributed by atoms with Gasteiger partial charge >= 0.3 is 0 Å². The fourth-order valence-electron chi connectivity index (χ4n) is 2.70. The van der Waals surface area contributed by atoms with E-state index in [4.69, 9.17) is 4.74 Å². The van der Waals surface area contributed by atoms with Crippen LogP contribution in [0.1, 0.15) is 0 Å². The van der Waals surface area contributed by atoms with Crippen molar-refractivity contribution in [1.82, 2.24) is 19.7 Å². The molecule has 118 valence electrons. The molecule has 6 heteroatoms. The van der Waals surface area contributed by atoms with E-state index in [-0.39, 0.29) is 5.82 Å². The quantitative estimate of drug-likeness (QED) is 0.578. The van der Waals surface area contributed by atoms with E-state index >= 15 is 0 Å². The molecule has 0 spiro atoms. The molecule has 24 heavy (non-hydrogen) atoms. The normalized spacial score (nSPS) is 10.9. The van der Waals surface area contributed by atoms with Crippen molar-refractivity contribution in [2.24, 2.45) is 0 Å². The average molecular weight is 320 g/mol. The molecule has 0 atom stereocenters. The number of fused-ring (bicyclic) bond motifs is 1. The molecular weight excluding hydrogens is 307 g/mol. The number of aromatic nitrogens is 4. The number of halogens is 1. The third-order valence-corrected chi connectivity index (χ3v) is 3.83. The molecule has 0 unspecified atom stereocenters. The number of pyridine rings is 2. The summed E-state index contributed by atoms with van der Waals surface area (Å²) in [6.07, 6.45) is 6.89. The standard InChI is InChI=1S/C18H13FN4O/c1-24-17-7-8-20-10-15(17)14-6-9-21-18-16(14)11-22-23(18)13-4-2-12(19)3-5-13/h2-11H,1H3. The van der Waals surface area contributed by atoms with E-state index in [2.05, 4.69) is 15.1 Å². The van der Waals surface area contributed by atoms with Gasteiger partial charge in [-0.25, -0.2) is 14.1 Å². The van der Waals surface area contributed by atoms with Crippen LogP contribution in [0.3, 0.4) is 0 Å². The Kier molecular flexibility index (Phi) is 3.42. The maximum Gasteiger partial charge on any atom is 0.163 e. The van der Waals surface area contributed by atoms with Crippen LogP contribution in [0.5, 0.6) is 5.75 Å². The predicted octanol–water partition coefficient (Wildman–Crippen LogP) is 3.63. The van der Waals surface area contributed by atoms with Crippen LogP contribution in [0.4, 0.5) is 4.39 Å². The zero-order chi connectivity index (χ0) is 16.5. The maximum atomic E-state index is 13.1. The number of hydrogen-bond donors (Lipinski definition) is 0. The summed E-state index contributed by atoms with van der Waals surface area (Å²) in [5, 5.41) is 5.28. The molecule has 0 aliphatic heterocycles. The highest BCUT2D eigenvalue weighted by Crippen LogP contribution is 2.33. The topological polar surface area (TPSA) is 52.8 Å². The first-order valence-corrected chi connectivity index (χ1v) is 7.35. The third-order valence-electron chi connectivity index (χ3n) is 3.83. The van der Waals surface area contributed by atoms with Gasteiger partial charge in [0.05, 0.1) is 19.0 Å². The highest BCUT2D eigenvalue weighted by atomic mass is 19.1. The van der Waals surface area contributed by atoms with Gasteiger partial charge in [-0.15, -0.1) is 0 Å². The van der Waals surface area contributed by atoms with Crippen molar-refractivity contribution in [3.63, 3.8) is 0 Å². The molecule has 3 aromatic heterocycles. The molecule has 0 bridgehead atoms. The summed E-state index contributed by atoms with van der Waals surface area (Å²) in [5.41, 5.74) is 3.23. The van der Waals surface area contributed by atoms with Crippen LogP contribution in [0.25, 0.3) is 27.8 Å². The molecule has 4 rings (SSSR count). The van der Waals surface area contributed by atoms with Gasteiger partial charge in [0.2, 0.25) is 0 Å². The second-order valence-electron chi connectivity index (χ2n) is 5.20. The summed E-state index contributed by atoms with van der Waals surface area (Å²) in [4.78, 5) is 8.61. The fraction of sp³-hybridized carbons (Fsp3) is 0.0556. The molecule has 0 N–H and O–H groups in total. The van der Waals surface area contributed by atoms with E-state index in [0.29, 0.717) is 5.65 Å². The molecule has 1 aromatic carbocycles. The minimum Gasteiger partial charge on any atom is -0.496 e. The lowest BCUT2D eigenvalue weighted by atomic mass is 10.1. The zero-order valence-corrected chi connectivity index (χ0v) is 12.8. The van der Waals surface area contributed by atoms with E-state index < -0.39 is 0 Å². The first-order chi connectivity index (χ1) is 11.8. The van der Waals surface area contributed by atoms with Crippen LogP contribution in [-0.4, -0.2) is 26.9 Å². The number of nitrogens with zero attached hydrogens (tertiary/aromatic N) is 4. The van der Waals surface area contributed by atoms with E-state index in [1.807, 2.05) is 12.1 Å². The Balaban J connectivity index is 1.92. The van der Waals surface area contributed by atoms with Crippen LogP contribution in [0.2, 0.25) is 0 Å². The second-order valence-corrected chi connectivity index (χ2v) is 5.20. The summed E-state index contributed by atoms with van der Waals surface area (Å²) in [5.74, 6) is 0.441. The fourth-order valence-corrected chi connectivity index (χ4v) is 2.70. The molecule has 5 nitrogen and oxygen atoms in total. The van der Waals surface area contributed by atoms with Crippen LogP contribution < -0.4 is 4.74 Å². The number of rotatable bonds is 3. The van der Waals surface area contributed by atoms with Gasteiger partial charge in [-0.3, -0.25) is 4.98 Å². The van der Waals surface area contributed by atoms with E-state index in [1.165, 1.54) is 12.1 Å². The zero-order valence-electron chi connectivity index (χ0n) is 12.8. The monoisotopic (exact) mass is 320 g/mol. The highest BCUT2D eigenvalue weighted by molar-refractivity contribution is 5.94. The highest BCUT2D eigenvalue weighted by Gasteiger charge is 2.14. The van der Waals surface area contributed by atoms with Crippen LogP contribution in [0, 0.1) is 5.82 Å². The summed E-state index contributed by atoms with van der Waals surface area (Å²) >= 11 is 0. The minimum absolute atomic E-state index is 0.288. The van der Waals surface area contributed by atoms with Gasteiger partial charge < -0.3 is 4.74 Å². The summed E-state index contributed by atoms with van der Waals surface area (Å²) < 4.78 is 20.3. The molecular formula is C18H13FN4O. The molecule has 0 saturated heterocycles. The lowest BCUT2D eigenvalue weighted by Crippen LogP contribution is -1.97. The Labute approximate surface area is 137 Å². The molecule has 0 radical (unpaired) electrons. The van der Waals surface area contributed by atoms with E-state index in [0.717, 1.165) is 28.0 Å². The van der Waals surface area contributed by atoms with Gasteiger partial charge in [0, 0.05) is 35.1 Å². The SMILES string of the molecule is COc1ccncc1-c1ccnc2c1cnn2-c1ccc(F)cc1. The number of methoxy groups -OCH3 is 1. The van der Waals surface area contributed by atoms with Crippen LogP contribution in [0.15, 0.2) is 61.2 Å². The molecule has 0 fully saturated rings. The maximum absolute atomic E-state index is 13.1. The molecule has 0 saturated carbocycles. The van der Waals surface area contributed by atoms with Gasteiger partial charge in [-0.05, 0) is 36.4 Å². The van der Waals surface area contributed by atoms with Gasteiger partial charge in [-0.2, -0.15) is 5.10 Å². The van der Waals surface area contributed by atoms with Crippen molar-refractivity contribution >= 4 is 11.0 Å². The van der Waals surface area contributed by atoms with Crippen LogP contribution >= 0.6 is 0 Å². The smallest absolute Gasteiger partial charge is 0.163 e. The number of ether oxygens (including phenoxy) is 1. The lowest BCUT2D eigenvalue weighted by Gasteiger charge is -2.09. The Morgan fingerprint density at radius 3 is 2.58 bits per heavy atom. The summed E-state index contributed by atoms with van der Waals surface area (Å²) in [6, 6.07) is 9.85. The van der Waals surface area contributed by atoms with Crippen molar-refractivity contribution in [2.75, 3.05) is 7.11 Å². The van der Waals surface area contributed by atoms with Gasteiger partial charge in [0.25, 0.3) is 0 Å². The van der Waals surface area contributed by atoms with Crippen molar-refractivity contribution in [2.45, 2.75) is 0 Å². The summed E-state index contributed by atoms with van der Waals surface area (Å²) in [7, 11) is 1.62. The molecule has 0 aliphatic rings. The molecule has 3 heterocycles. The Bertz CT molecular complexity index is 1010. The van der Waals surface area contributed by atoms with Crippen molar-refractivity contribution < 1.29 is 9.13 Å². The second kappa shape index (κ2) is 5.73. The lowest BCUT2D eigenvalue weighted by molar-refractivity contribution is 0.416. The van der Waals surface area contributed by atoms with Crippen molar-refractivity contribution in [1.29, 1.82) is 0 Å². The number of benzene rings is 1. The van der Waals surface area contributed by atoms with E-state index in [1.54, 1.807) is 48.7 Å². The van der Waals surface area contributed by atoms with Gasteiger partial charge in [-0.1, -0.05) is 0 Å². The number of hydrogen-bond acceptors (Lipinski definition) is 4. The van der Waals surface area contributed by atoms with Crippen molar-refractivity contribution in [3.05, 3.63) is 67.0 Å². The van der Waals surface area contributed by atoms with Crippen LogP contribution in [-0.2, 0) is 0 Å². The average Bonchev–Trinajstić information content (AvgIpc) is 3.06. The summed E-state index contributed by atoms with van der Waals surface area (Å²) in [6.45, 7) is 0. The Morgan fingerprint density at radius 1 is 0.958 bits per heavy atom. The first-order valence-electron chi connectivity index (χ1n) is 7.35. The molecule has 0 amide bonds. The van der Waals surface area contributed by atoms with Gasteiger partial charge in [0.1, 0.15) is 11.6 Å². The Hall–Kier alpha value is -3.28. The molecule has 0 aliphatic carbocycles. The van der Waals surface area contributed by atoms with Gasteiger partial charge in [0.15, 0.2) is 5.65 Å².